The van der Waals surface area contributed by atoms with Crippen molar-refractivity contribution in [3.8, 4) is 0 Å². The summed E-state index contributed by atoms with van der Waals surface area (Å²) in [6.45, 7) is 0.202. The van der Waals surface area contributed by atoms with Crippen LogP contribution in [0, 0.1) is 0 Å². The number of benzene rings is 1. The average Bonchev–Trinajstić information content (AvgIpc) is 2.29. The molecule has 0 aliphatic carbocycles. The van der Waals surface area contributed by atoms with Gasteiger partial charge in [-0.15, -0.1) is 0 Å². The highest BCUT2D eigenvalue weighted by Crippen LogP contribution is 2.03. The molecule has 0 saturated carbocycles. The summed E-state index contributed by atoms with van der Waals surface area (Å²) < 4.78 is 0. The summed E-state index contributed by atoms with van der Waals surface area (Å²) in [6, 6.07) is 7.98. The van der Waals surface area contributed by atoms with E-state index in [1.165, 1.54) is 0 Å². The summed E-state index contributed by atoms with van der Waals surface area (Å²) in [5, 5.41) is 0. The van der Waals surface area contributed by atoms with Crippen molar-refractivity contribution in [2.24, 2.45) is 11.5 Å². The van der Waals surface area contributed by atoms with Crippen LogP contribution < -0.4 is 11.5 Å². The predicted molar refractivity (Wildman–Crippen MR) is 57.4 cm³/mol. The average molecular weight is 206 g/mol. The van der Waals surface area contributed by atoms with Crippen LogP contribution in [0.3, 0.4) is 0 Å². The zero-order valence-electron chi connectivity index (χ0n) is 8.35. The zero-order valence-corrected chi connectivity index (χ0v) is 8.35. The number of nitrogens with two attached hydrogens (primary N) is 2. The number of hydrogen-bond donors (Lipinski definition) is 2. The quantitative estimate of drug-likeness (QED) is 0.529. The Kier molecular flexibility index (Phi) is 4.15. The molecule has 0 spiro atoms. The van der Waals surface area contributed by atoms with E-state index in [0.29, 0.717) is 5.56 Å². The number of hydrogen-bond acceptors (Lipinski definition) is 4. The smallest absolute Gasteiger partial charge is 0.228 e. The van der Waals surface area contributed by atoms with Crippen LogP contribution >= 0.6 is 0 Å². The molecule has 1 atom stereocenters. The van der Waals surface area contributed by atoms with Crippen LogP contribution in [-0.4, -0.2) is 24.2 Å². The Bertz CT molecular complexity index is 349. The van der Waals surface area contributed by atoms with E-state index in [0.717, 1.165) is 0 Å². The van der Waals surface area contributed by atoms with Crippen molar-refractivity contribution in [3.05, 3.63) is 35.9 Å². The van der Waals surface area contributed by atoms with Crippen LogP contribution in [-0.2, 0) is 4.79 Å². The molecule has 4 nitrogen and oxygen atoms in total. The number of carbonyl (C=O) groups is 2. The van der Waals surface area contributed by atoms with Crippen molar-refractivity contribution in [3.63, 3.8) is 0 Å². The summed E-state index contributed by atoms with van der Waals surface area (Å²) in [7, 11) is 0. The minimum absolute atomic E-state index is 0.00419. The topological polar surface area (TPSA) is 86.2 Å². The SMILES string of the molecule is NCC(N)CC(=O)C(=O)c1ccccc1. The third-order valence-electron chi connectivity index (χ3n) is 2.04. The molecule has 1 aromatic carbocycles. The van der Waals surface area contributed by atoms with Gasteiger partial charge in [0.1, 0.15) is 0 Å². The molecular formula is C11H14N2O2. The molecule has 0 aliphatic heterocycles. The first-order valence-electron chi connectivity index (χ1n) is 4.73. The lowest BCUT2D eigenvalue weighted by Gasteiger charge is -2.06. The molecule has 1 aromatic rings. The Labute approximate surface area is 88.3 Å². The number of ketones is 2. The van der Waals surface area contributed by atoms with Crippen molar-refractivity contribution in [1.82, 2.24) is 0 Å². The van der Waals surface area contributed by atoms with Crippen LogP contribution in [0.5, 0.6) is 0 Å². The molecule has 0 amide bonds. The Morgan fingerprint density at radius 2 is 1.80 bits per heavy atom. The summed E-state index contributed by atoms with van der Waals surface area (Å²) in [4.78, 5) is 23.0. The molecular weight excluding hydrogens is 192 g/mol. The van der Waals surface area contributed by atoms with Gasteiger partial charge in [-0.25, -0.2) is 0 Å². The van der Waals surface area contributed by atoms with Crippen LogP contribution in [0.2, 0.25) is 0 Å². The highest BCUT2D eigenvalue weighted by atomic mass is 16.2. The standard InChI is InChI=1S/C11H14N2O2/c12-7-9(13)6-10(14)11(15)8-4-2-1-3-5-8/h1-5,9H,6-7,12-13H2. The van der Waals surface area contributed by atoms with Gasteiger partial charge in [-0.05, 0) is 0 Å². The van der Waals surface area contributed by atoms with Crippen LogP contribution in [0.1, 0.15) is 16.8 Å². The van der Waals surface area contributed by atoms with Gasteiger partial charge < -0.3 is 11.5 Å². The summed E-state index contributed by atoms with van der Waals surface area (Å²) in [5.41, 5.74) is 11.2. The van der Waals surface area contributed by atoms with Crippen LogP contribution in [0.25, 0.3) is 0 Å². The third-order valence-corrected chi connectivity index (χ3v) is 2.04. The van der Waals surface area contributed by atoms with E-state index in [1.807, 2.05) is 0 Å². The molecule has 15 heavy (non-hydrogen) atoms. The van der Waals surface area contributed by atoms with E-state index >= 15 is 0 Å². The minimum atomic E-state index is -0.500. The van der Waals surface area contributed by atoms with Gasteiger partial charge in [0.15, 0.2) is 0 Å². The normalized spacial score (nSPS) is 12.1. The molecule has 0 bridgehead atoms. The molecule has 4 N–H and O–H groups in total. The molecule has 0 aromatic heterocycles. The number of rotatable bonds is 5. The third kappa shape index (κ3) is 3.27. The van der Waals surface area contributed by atoms with Crippen LogP contribution in [0.15, 0.2) is 30.3 Å². The van der Waals surface area contributed by atoms with Gasteiger partial charge in [0, 0.05) is 24.6 Å². The monoisotopic (exact) mass is 206 g/mol. The van der Waals surface area contributed by atoms with E-state index < -0.39 is 17.6 Å². The second-order valence-electron chi connectivity index (χ2n) is 3.32. The fourth-order valence-electron chi connectivity index (χ4n) is 1.16. The Morgan fingerprint density at radius 1 is 1.20 bits per heavy atom. The first-order chi connectivity index (χ1) is 7.15. The lowest BCUT2D eigenvalue weighted by molar-refractivity contribution is -0.115. The molecule has 4 heteroatoms. The van der Waals surface area contributed by atoms with Crippen molar-refractivity contribution in [2.45, 2.75) is 12.5 Å². The lowest BCUT2D eigenvalue weighted by atomic mass is 10.0. The van der Waals surface area contributed by atoms with E-state index in [2.05, 4.69) is 0 Å². The van der Waals surface area contributed by atoms with Gasteiger partial charge in [0.2, 0.25) is 11.6 Å². The molecule has 1 unspecified atom stereocenters. The van der Waals surface area contributed by atoms with Gasteiger partial charge in [-0.2, -0.15) is 0 Å². The maximum absolute atomic E-state index is 11.6. The van der Waals surface area contributed by atoms with Crippen molar-refractivity contribution < 1.29 is 9.59 Å². The van der Waals surface area contributed by atoms with E-state index in [4.69, 9.17) is 11.5 Å². The van der Waals surface area contributed by atoms with E-state index in [9.17, 15) is 9.59 Å². The molecule has 80 valence electrons. The highest BCUT2D eigenvalue weighted by Gasteiger charge is 2.17. The Balaban J connectivity index is 2.66. The van der Waals surface area contributed by atoms with Gasteiger partial charge in [-0.1, -0.05) is 30.3 Å². The fraction of sp³-hybridized carbons (Fsp3) is 0.273. The van der Waals surface area contributed by atoms with Crippen LogP contribution in [0.4, 0.5) is 0 Å². The second-order valence-corrected chi connectivity index (χ2v) is 3.32. The molecule has 0 heterocycles. The fourth-order valence-corrected chi connectivity index (χ4v) is 1.16. The van der Waals surface area contributed by atoms with Gasteiger partial charge in [-0.3, -0.25) is 9.59 Å². The van der Waals surface area contributed by atoms with Gasteiger partial charge in [0.25, 0.3) is 0 Å². The molecule has 0 radical (unpaired) electrons. The molecule has 0 aliphatic rings. The first kappa shape index (κ1) is 11.6. The first-order valence-corrected chi connectivity index (χ1v) is 4.73. The maximum atomic E-state index is 11.6. The summed E-state index contributed by atoms with van der Waals surface area (Å²) in [6.07, 6.45) is 0.00419. The van der Waals surface area contributed by atoms with E-state index in [-0.39, 0.29) is 13.0 Å². The lowest BCUT2D eigenvalue weighted by Crippen LogP contribution is -2.34. The number of carbonyl (C=O) groups excluding carboxylic acids is 2. The Morgan fingerprint density at radius 3 is 2.33 bits per heavy atom. The van der Waals surface area contributed by atoms with E-state index in [1.54, 1.807) is 30.3 Å². The second kappa shape index (κ2) is 5.38. The predicted octanol–water partition coefficient (Wildman–Crippen LogP) is 0.114. The minimum Gasteiger partial charge on any atom is -0.329 e. The van der Waals surface area contributed by atoms with Gasteiger partial charge >= 0.3 is 0 Å². The van der Waals surface area contributed by atoms with Crippen molar-refractivity contribution in [1.29, 1.82) is 0 Å². The largest absolute Gasteiger partial charge is 0.329 e. The van der Waals surface area contributed by atoms with Gasteiger partial charge in [0.05, 0.1) is 0 Å². The number of Topliss-reactive ketones (excluding diaryl/α,β-unsaturated/α-hetero) is 2. The van der Waals surface area contributed by atoms with Crippen molar-refractivity contribution >= 4 is 11.6 Å². The summed E-state index contributed by atoms with van der Waals surface area (Å²) >= 11 is 0. The zero-order chi connectivity index (χ0) is 11.3. The Hall–Kier alpha value is -1.52. The van der Waals surface area contributed by atoms with Crippen molar-refractivity contribution in [2.75, 3.05) is 6.54 Å². The highest BCUT2D eigenvalue weighted by molar-refractivity contribution is 6.43. The summed E-state index contributed by atoms with van der Waals surface area (Å²) in [5.74, 6) is -0.987. The molecule has 1 rings (SSSR count). The molecule has 0 saturated heterocycles. The molecule has 0 fully saturated rings. The maximum Gasteiger partial charge on any atom is 0.228 e.